The van der Waals surface area contributed by atoms with Gasteiger partial charge in [-0.2, -0.15) is 0 Å². The average molecular weight is 239 g/mol. The summed E-state index contributed by atoms with van der Waals surface area (Å²) in [4.78, 5) is 0. The van der Waals surface area contributed by atoms with E-state index in [0.29, 0.717) is 0 Å². The van der Waals surface area contributed by atoms with E-state index < -0.39 is 10.0 Å². The van der Waals surface area contributed by atoms with Crippen LogP contribution in [0.1, 0.15) is 25.0 Å². The molecule has 0 aliphatic carbocycles. The predicted octanol–water partition coefficient (Wildman–Crippen LogP) is 2.10. The standard InChI is InChI=1S/C12H17NO2S/c1-9-6-5-7-10-8-12(2,3)13(11(9)10)16(4,14)15/h5-7H,8H2,1-4H3. The molecule has 2 rings (SSSR count). The molecule has 0 fully saturated rings. The normalized spacial score (nSPS) is 18.6. The summed E-state index contributed by atoms with van der Waals surface area (Å²) in [6.45, 7) is 5.89. The summed E-state index contributed by atoms with van der Waals surface area (Å²) in [5.74, 6) is 0. The Bertz CT molecular complexity index is 532. The van der Waals surface area contributed by atoms with Crippen LogP contribution in [-0.4, -0.2) is 20.2 Å². The third kappa shape index (κ3) is 1.61. The first-order valence-corrected chi connectivity index (χ1v) is 7.17. The van der Waals surface area contributed by atoms with E-state index in [9.17, 15) is 8.42 Å². The molecule has 0 bridgehead atoms. The minimum Gasteiger partial charge on any atom is -0.264 e. The zero-order valence-corrected chi connectivity index (χ0v) is 10.9. The Balaban J connectivity index is 2.71. The number of sulfonamides is 1. The highest BCUT2D eigenvalue weighted by molar-refractivity contribution is 7.92. The van der Waals surface area contributed by atoms with Crippen LogP contribution in [0.4, 0.5) is 5.69 Å². The molecule has 0 spiro atoms. The summed E-state index contributed by atoms with van der Waals surface area (Å²) < 4.78 is 25.3. The van der Waals surface area contributed by atoms with E-state index in [1.54, 1.807) is 4.31 Å². The summed E-state index contributed by atoms with van der Waals surface area (Å²) in [5.41, 5.74) is 2.65. The number of aryl methyl sites for hydroxylation is 1. The Morgan fingerprint density at radius 1 is 1.31 bits per heavy atom. The molecule has 0 atom stereocenters. The van der Waals surface area contributed by atoms with Gasteiger partial charge in [-0.15, -0.1) is 0 Å². The molecule has 1 aromatic rings. The number of fused-ring (bicyclic) bond motifs is 1. The van der Waals surface area contributed by atoms with Crippen molar-refractivity contribution >= 4 is 15.7 Å². The van der Waals surface area contributed by atoms with E-state index >= 15 is 0 Å². The molecular formula is C12H17NO2S. The number of anilines is 1. The maximum absolute atomic E-state index is 11.9. The lowest BCUT2D eigenvalue weighted by molar-refractivity contribution is 0.524. The van der Waals surface area contributed by atoms with Gasteiger partial charge in [0.15, 0.2) is 0 Å². The molecular weight excluding hydrogens is 222 g/mol. The van der Waals surface area contributed by atoms with Crippen LogP contribution in [-0.2, 0) is 16.4 Å². The smallest absolute Gasteiger partial charge is 0.232 e. The highest BCUT2D eigenvalue weighted by Crippen LogP contribution is 2.42. The van der Waals surface area contributed by atoms with E-state index in [0.717, 1.165) is 23.2 Å². The Morgan fingerprint density at radius 2 is 1.94 bits per heavy atom. The maximum atomic E-state index is 11.9. The molecule has 0 amide bonds. The molecule has 16 heavy (non-hydrogen) atoms. The molecule has 4 heteroatoms. The first kappa shape index (κ1) is 11.5. The fourth-order valence-corrected chi connectivity index (χ4v) is 4.16. The van der Waals surface area contributed by atoms with Crippen LogP contribution in [0.2, 0.25) is 0 Å². The topological polar surface area (TPSA) is 37.4 Å². The average Bonchev–Trinajstić information content (AvgIpc) is 2.35. The molecule has 0 saturated carbocycles. The molecule has 0 aromatic heterocycles. The SMILES string of the molecule is Cc1cccc2c1N(S(C)(=O)=O)C(C)(C)C2. The van der Waals surface area contributed by atoms with Crippen molar-refractivity contribution in [3.05, 3.63) is 29.3 Å². The zero-order chi connectivity index (χ0) is 12.1. The molecule has 1 heterocycles. The lowest BCUT2D eigenvalue weighted by atomic mass is 10.00. The minimum atomic E-state index is -3.21. The number of rotatable bonds is 1. The fourth-order valence-electron chi connectivity index (χ4n) is 2.61. The molecule has 3 nitrogen and oxygen atoms in total. The molecule has 88 valence electrons. The molecule has 0 N–H and O–H groups in total. The number of benzene rings is 1. The van der Waals surface area contributed by atoms with Crippen LogP contribution in [0.5, 0.6) is 0 Å². The predicted molar refractivity (Wildman–Crippen MR) is 66.3 cm³/mol. The summed E-state index contributed by atoms with van der Waals surface area (Å²) in [5, 5.41) is 0. The monoisotopic (exact) mass is 239 g/mol. The third-order valence-electron chi connectivity index (χ3n) is 3.03. The second-order valence-electron chi connectivity index (χ2n) is 5.10. The molecule has 1 aromatic carbocycles. The summed E-state index contributed by atoms with van der Waals surface area (Å²) in [6, 6.07) is 5.95. The largest absolute Gasteiger partial charge is 0.264 e. The van der Waals surface area contributed by atoms with Gasteiger partial charge in [0.05, 0.1) is 17.5 Å². The lowest BCUT2D eigenvalue weighted by Crippen LogP contribution is -2.45. The van der Waals surface area contributed by atoms with Crippen LogP contribution in [0.15, 0.2) is 18.2 Å². The van der Waals surface area contributed by atoms with Crippen molar-refractivity contribution in [3.8, 4) is 0 Å². The molecule has 1 aliphatic heterocycles. The van der Waals surface area contributed by atoms with Crippen LogP contribution in [0.3, 0.4) is 0 Å². The second-order valence-corrected chi connectivity index (χ2v) is 6.93. The van der Waals surface area contributed by atoms with Crippen LogP contribution in [0.25, 0.3) is 0 Å². The van der Waals surface area contributed by atoms with Gasteiger partial charge in [-0.1, -0.05) is 18.2 Å². The van der Waals surface area contributed by atoms with E-state index in [1.165, 1.54) is 6.26 Å². The van der Waals surface area contributed by atoms with Crippen molar-refractivity contribution in [2.75, 3.05) is 10.6 Å². The van der Waals surface area contributed by atoms with E-state index in [-0.39, 0.29) is 5.54 Å². The summed E-state index contributed by atoms with van der Waals surface area (Å²) in [7, 11) is -3.21. The second kappa shape index (κ2) is 3.23. The fraction of sp³-hybridized carbons (Fsp3) is 0.500. The quantitative estimate of drug-likeness (QED) is 0.752. The van der Waals surface area contributed by atoms with Gasteiger partial charge in [0.1, 0.15) is 0 Å². The molecule has 0 saturated heterocycles. The van der Waals surface area contributed by atoms with Crippen molar-refractivity contribution in [1.82, 2.24) is 0 Å². The number of hydrogen-bond donors (Lipinski definition) is 0. The Hall–Kier alpha value is -1.03. The summed E-state index contributed by atoms with van der Waals surface area (Å²) >= 11 is 0. The number of para-hydroxylation sites is 1. The van der Waals surface area contributed by atoms with Gasteiger partial charge < -0.3 is 0 Å². The van der Waals surface area contributed by atoms with Gasteiger partial charge in [-0.05, 0) is 38.3 Å². The van der Waals surface area contributed by atoms with Crippen molar-refractivity contribution in [1.29, 1.82) is 0 Å². The summed E-state index contributed by atoms with van der Waals surface area (Å²) in [6.07, 6.45) is 2.05. The van der Waals surface area contributed by atoms with Crippen molar-refractivity contribution in [3.63, 3.8) is 0 Å². The van der Waals surface area contributed by atoms with Crippen LogP contribution < -0.4 is 4.31 Å². The van der Waals surface area contributed by atoms with Gasteiger partial charge in [0.2, 0.25) is 10.0 Å². The molecule has 0 radical (unpaired) electrons. The van der Waals surface area contributed by atoms with Crippen LogP contribution in [0, 0.1) is 6.92 Å². The molecule has 1 aliphatic rings. The zero-order valence-electron chi connectivity index (χ0n) is 10.1. The van der Waals surface area contributed by atoms with Gasteiger partial charge in [-0.25, -0.2) is 8.42 Å². The Morgan fingerprint density at radius 3 is 2.50 bits per heavy atom. The highest BCUT2D eigenvalue weighted by atomic mass is 32.2. The van der Waals surface area contributed by atoms with Gasteiger partial charge in [0.25, 0.3) is 0 Å². The Kier molecular flexibility index (Phi) is 2.31. The first-order valence-electron chi connectivity index (χ1n) is 5.32. The third-order valence-corrected chi connectivity index (χ3v) is 4.37. The van der Waals surface area contributed by atoms with Gasteiger partial charge >= 0.3 is 0 Å². The number of hydrogen-bond acceptors (Lipinski definition) is 2. The van der Waals surface area contributed by atoms with Crippen molar-refractivity contribution in [2.45, 2.75) is 32.7 Å². The van der Waals surface area contributed by atoms with Crippen LogP contribution >= 0.6 is 0 Å². The molecule has 0 unspecified atom stereocenters. The number of nitrogens with zero attached hydrogens (tertiary/aromatic N) is 1. The Labute approximate surface area is 97.1 Å². The highest BCUT2D eigenvalue weighted by Gasteiger charge is 2.41. The van der Waals surface area contributed by atoms with Gasteiger partial charge in [-0.3, -0.25) is 4.31 Å². The minimum absolute atomic E-state index is 0.359. The van der Waals surface area contributed by atoms with Gasteiger partial charge in [0, 0.05) is 0 Å². The van der Waals surface area contributed by atoms with E-state index in [2.05, 4.69) is 0 Å². The van der Waals surface area contributed by atoms with Crippen molar-refractivity contribution in [2.24, 2.45) is 0 Å². The van der Waals surface area contributed by atoms with E-state index in [1.807, 2.05) is 39.0 Å². The van der Waals surface area contributed by atoms with Crippen molar-refractivity contribution < 1.29 is 8.42 Å². The maximum Gasteiger partial charge on any atom is 0.232 e. The van der Waals surface area contributed by atoms with E-state index in [4.69, 9.17) is 0 Å². The first-order chi connectivity index (χ1) is 7.23. The lowest BCUT2D eigenvalue weighted by Gasteiger charge is -2.32.